The van der Waals surface area contributed by atoms with E-state index in [-0.39, 0.29) is 5.91 Å². The molecule has 3 aromatic rings. The van der Waals surface area contributed by atoms with E-state index >= 15 is 0 Å². The molecule has 0 saturated heterocycles. The summed E-state index contributed by atoms with van der Waals surface area (Å²) in [5, 5.41) is 5.92. The Kier molecular flexibility index (Phi) is 4.84. The summed E-state index contributed by atoms with van der Waals surface area (Å²) >= 11 is 0. The van der Waals surface area contributed by atoms with E-state index in [0.717, 1.165) is 5.56 Å². The zero-order chi connectivity index (χ0) is 17.6. The summed E-state index contributed by atoms with van der Waals surface area (Å²) in [5.74, 6) is 0.976. The van der Waals surface area contributed by atoms with Crippen molar-refractivity contribution in [2.45, 2.75) is 13.5 Å². The van der Waals surface area contributed by atoms with Crippen LogP contribution in [0.15, 0.2) is 54.9 Å². The monoisotopic (exact) mass is 334 g/mol. The quantitative estimate of drug-likeness (QED) is 0.619. The van der Waals surface area contributed by atoms with Crippen LogP contribution in [0.4, 0.5) is 17.3 Å². The Morgan fingerprint density at radius 3 is 2.56 bits per heavy atom. The van der Waals surface area contributed by atoms with Gasteiger partial charge in [-0.25, -0.2) is 9.97 Å². The van der Waals surface area contributed by atoms with Gasteiger partial charge in [0.15, 0.2) is 0 Å². The second kappa shape index (κ2) is 7.39. The van der Waals surface area contributed by atoms with Crippen LogP contribution < -0.4 is 16.4 Å². The summed E-state index contributed by atoms with van der Waals surface area (Å²) in [6.07, 6.45) is 1.47. The lowest BCUT2D eigenvalue weighted by atomic mass is 10.1. The van der Waals surface area contributed by atoms with Crippen LogP contribution in [0.5, 0.6) is 0 Å². The van der Waals surface area contributed by atoms with Crippen LogP contribution in [0.25, 0.3) is 0 Å². The van der Waals surface area contributed by atoms with Crippen molar-refractivity contribution in [1.82, 2.24) is 15.0 Å². The average molecular weight is 334 g/mol. The number of nitrogens with one attached hydrogen (secondary N) is 2. The van der Waals surface area contributed by atoms with Crippen molar-refractivity contribution >= 4 is 23.2 Å². The van der Waals surface area contributed by atoms with E-state index in [1.165, 1.54) is 6.33 Å². The number of rotatable bonds is 5. The summed E-state index contributed by atoms with van der Waals surface area (Å²) in [6, 6.07) is 14.4. The van der Waals surface area contributed by atoms with Crippen molar-refractivity contribution in [2.75, 3.05) is 16.4 Å². The van der Waals surface area contributed by atoms with E-state index in [9.17, 15) is 4.79 Å². The summed E-state index contributed by atoms with van der Waals surface area (Å²) < 4.78 is 0. The Hall–Kier alpha value is -3.48. The Bertz CT molecular complexity index is 879. The number of hydrogen-bond acceptors (Lipinski definition) is 6. The van der Waals surface area contributed by atoms with Crippen LogP contribution in [0.3, 0.4) is 0 Å². The maximum absolute atomic E-state index is 12.3. The molecule has 7 nitrogen and oxygen atoms in total. The van der Waals surface area contributed by atoms with Gasteiger partial charge in [0, 0.05) is 12.1 Å². The fourth-order valence-corrected chi connectivity index (χ4v) is 2.22. The van der Waals surface area contributed by atoms with Gasteiger partial charge in [-0.1, -0.05) is 24.3 Å². The molecule has 0 spiro atoms. The highest BCUT2D eigenvalue weighted by atomic mass is 16.1. The number of carbonyl (C=O) groups is 1. The van der Waals surface area contributed by atoms with Gasteiger partial charge in [-0.2, -0.15) is 4.98 Å². The molecule has 7 heteroatoms. The molecule has 1 amide bonds. The summed E-state index contributed by atoms with van der Waals surface area (Å²) in [4.78, 5) is 24.5. The Labute approximate surface area is 145 Å². The molecule has 0 unspecified atom stereocenters. The van der Waals surface area contributed by atoms with Crippen LogP contribution in [-0.4, -0.2) is 20.9 Å². The van der Waals surface area contributed by atoms with Crippen LogP contribution in [0.1, 0.15) is 21.7 Å². The molecule has 0 aliphatic heterocycles. The number of hydrogen-bond donors (Lipinski definition) is 3. The highest BCUT2D eigenvalue weighted by Crippen LogP contribution is 2.18. The third-order valence-electron chi connectivity index (χ3n) is 3.57. The molecule has 25 heavy (non-hydrogen) atoms. The van der Waals surface area contributed by atoms with Gasteiger partial charge in [-0.3, -0.25) is 4.79 Å². The fraction of sp³-hybridized carbons (Fsp3) is 0.111. The van der Waals surface area contributed by atoms with Crippen molar-refractivity contribution in [3.63, 3.8) is 0 Å². The van der Waals surface area contributed by atoms with Crippen molar-refractivity contribution < 1.29 is 4.79 Å². The molecule has 0 aliphatic rings. The number of amides is 1. The normalized spacial score (nSPS) is 10.3. The van der Waals surface area contributed by atoms with Gasteiger partial charge in [0.1, 0.15) is 12.2 Å². The number of nitrogens with zero attached hydrogens (tertiary/aromatic N) is 3. The van der Waals surface area contributed by atoms with E-state index in [2.05, 4.69) is 25.6 Å². The first kappa shape index (κ1) is 16.4. The van der Waals surface area contributed by atoms with Gasteiger partial charge < -0.3 is 16.4 Å². The van der Waals surface area contributed by atoms with Crippen molar-refractivity contribution in [1.29, 1.82) is 0 Å². The first-order valence-electron chi connectivity index (χ1n) is 7.76. The molecule has 0 aliphatic carbocycles. The maximum Gasteiger partial charge on any atom is 0.255 e. The molecule has 0 bridgehead atoms. The smallest absolute Gasteiger partial charge is 0.255 e. The second-order valence-corrected chi connectivity index (χ2v) is 5.45. The van der Waals surface area contributed by atoms with Crippen LogP contribution in [0, 0.1) is 6.92 Å². The number of nitrogens with two attached hydrogens (primary N) is 1. The number of nitrogen functional groups attached to an aromatic ring is 1. The number of benzene rings is 2. The topological polar surface area (TPSA) is 106 Å². The number of aryl methyl sites for hydroxylation is 1. The fourth-order valence-electron chi connectivity index (χ4n) is 2.22. The minimum absolute atomic E-state index is 0.203. The molecule has 4 N–H and O–H groups in total. The molecule has 0 radical (unpaired) electrons. The van der Waals surface area contributed by atoms with E-state index < -0.39 is 0 Å². The van der Waals surface area contributed by atoms with Gasteiger partial charge >= 0.3 is 0 Å². The number of anilines is 3. The van der Waals surface area contributed by atoms with Crippen molar-refractivity contribution in [2.24, 2.45) is 0 Å². The van der Waals surface area contributed by atoms with Crippen LogP contribution >= 0.6 is 0 Å². The number of para-hydroxylation sites is 2. The first-order chi connectivity index (χ1) is 12.1. The summed E-state index contributed by atoms with van der Waals surface area (Å²) in [5.41, 5.74) is 8.54. The summed E-state index contributed by atoms with van der Waals surface area (Å²) in [7, 11) is 0. The molecule has 0 atom stereocenters. The molecule has 0 fully saturated rings. The second-order valence-electron chi connectivity index (χ2n) is 5.45. The number of aromatic nitrogens is 3. The largest absolute Gasteiger partial charge is 0.397 e. The molecular formula is C18H18N6O. The molecule has 3 rings (SSSR count). The van der Waals surface area contributed by atoms with Crippen molar-refractivity contribution in [3.05, 3.63) is 71.8 Å². The van der Waals surface area contributed by atoms with Gasteiger partial charge in [-0.05, 0) is 36.8 Å². The lowest BCUT2D eigenvalue weighted by Crippen LogP contribution is -2.13. The molecule has 1 heterocycles. The van der Waals surface area contributed by atoms with E-state index in [1.807, 2.05) is 24.3 Å². The zero-order valence-corrected chi connectivity index (χ0v) is 13.7. The van der Waals surface area contributed by atoms with E-state index in [1.54, 1.807) is 31.2 Å². The summed E-state index contributed by atoms with van der Waals surface area (Å²) in [6.45, 7) is 2.36. The molecule has 0 saturated carbocycles. The lowest BCUT2D eigenvalue weighted by Gasteiger charge is -2.09. The Morgan fingerprint density at radius 1 is 1.08 bits per heavy atom. The minimum Gasteiger partial charge on any atom is -0.397 e. The SMILES string of the molecule is Cc1ncnc(NCc2ccc(C(=O)Nc3ccccc3N)cc2)n1. The first-order valence-corrected chi connectivity index (χ1v) is 7.76. The lowest BCUT2D eigenvalue weighted by molar-refractivity contribution is 0.102. The molecule has 2 aromatic carbocycles. The predicted molar refractivity (Wildman–Crippen MR) is 97.1 cm³/mol. The standard InChI is InChI=1S/C18H18N6O/c1-12-21-11-22-18(23-12)20-10-13-6-8-14(9-7-13)17(25)24-16-5-3-2-4-15(16)19/h2-9,11H,10,19H2,1H3,(H,24,25)(H,20,21,22,23). The predicted octanol–water partition coefficient (Wildman–Crippen LogP) is 2.63. The highest BCUT2D eigenvalue weighted by Gasteiger charge is 2.08. The van der Waals surface area contributed by atoms with Gasteiger partial charge in [0.05, 0.1) is 11.4 Å². The van der Waals surface area contributed by atoms with E-state index in [0.29, 0.717) is 35.3 Å². The third kappa shape index (κ3) is 4.29. The Balaban J connectivity index is 1.61. The highest BCUT2D eigenvalue weighted by molar-refractivity contribution is 6.05. The van der Waals surface area contributed by atoms with Crippen molar-refractivity contribution in [3.8, 4) is 0 Å². The number of carbonyl (C=O) groups excluding carboxylic acids is 1. The van der Waals surface area contributed by atoms with E-state index in [4.69, 9.17) is 5.73 Å². The maximum atomic E-state index is 12.3. The molecular weight excluding hydrogens is 316 g/mol. The molecule has 1 aromatic heterocycles. The molecule has 126 valence electrons. The Morgan fingerprint density at radius 2 is 1.84 bits per heavy atom. The average Bonchev–Trinajstić information content (AvgIpc) is 2.62. The van der Waals surface area contributed by atoms with Gasteiger partial charge in [0.25, 0.3) is 5.91 Å². The third-order valence-corrected chi connectivity index (χ3v) is 3.57. The van der Waals surface area contributed by atoms with Gasteiger partial charge in [0.2, 0.25) is 5.95 Å². The van der Waals surface area contributed by atoms with Crippen LogP contribution in [-0.2, 0) is 6.54 Å². The zero-order valence-electron chi connectivity index (χ0n) is 13.7. The minimum atomic E-state index is -0.203. The van der Waals surface area contributed by atoms with Crippen LogP contribution in [0.2, 0.25) is 0 Å². The van der Waals surface area contributed by atoms with Gasteiger partial charge in [-0.15, -0.1) is 0 Å².